The van der Waals surface area contributed by atoms with Crippen LogP contribution in [0, 0.1) is 12.8 Å². The summed E-state index contributed by atoms with van der Waals surface area (Å²) in [5.41, 5.74) is 1.98. The van der Waals surface area contributed by atoms with Gasteiger partial charge in [-0.15, -0.1) is 0 Å². The fourth-order valence-corrected chi connectivity index (χ4v) is 5.50. The summed E-state index contributed by atoms with van der Waals surface area (Å²) in [4.78, 5) is 0.120. The zero-order chi connectivity index (χ0) is 19.6. The van der Waals surface area contributed by atoms with Gasteiger partial charge in [-0.2, -0.15) is 4.31 Å². The van der Waals surface area contributed by atoms with Crippen molar-refractivity contribution in [3.05, 3.63) is 71.7 Å². The van der Waals surface area contributed by atoms with E-state index in [4.69, 9.17) is 9.26 Å². The van der Waals surface area contributed by atoms with Gasteiger partial charge in [-0.3, -0.25) is 0 Å². The maximum Gasteiger partial charge on any atom is 0.248 e. The van der Waals surface area contributed by atoms with E-state index in [0.29, 0.717) is 31.9 Å². The van der Waals surface area contributed by atoms with Crippen LogP contribution in [0.25, 0.3) is 0 Å². The number of benzene rings is 1. The zero-order valence-corrected chi connectivity index (χ0v) is 16.6. The zero-order valence-electron chi connectivity index (χ0n) is 15.8. The van der Waals surface area contributed by atoms with Crippen LogP contribution in [0.1, 0.15) is 29.7 Å². The first-order chi connectivity index (χ1) is 13.6. The molecule has 0 radical (unpaired) electrons. The minimum absolute atomic E-state index is 0.120. The molecule has 6 nitrogen and oxygen atoms in total. The normalized spacial score (nSPS) is 23.2. The van der Waals surface area contributed by atoms with Crippen LogP contribution in [0.3, 0.4) is 0 Å². The number of hydrogen-bond acceptors (Lipinski definition) is 5. The Hall–Kier alpha value is -2.22. The molecular weight excluding hydrogens is 376 g/mol. The van der Waals surface area contributed by atoms with Gasteiger partial charge in [0.25, 0.3) is 0 Å². The first-order valence-electron chi connectivity index (χ1n) is 9.46. The standard InChI is InChI=1S/C21H24N2O4S/c1-16-21(12-22-27-16)28(24,25)23-13-18-9-5-6-10-19(18)14-26-15-20(23)11-17-7-3-2-4-8-17/h2-7,9-10,12,17,20H,8,11,13-15H2,1H3. The molecule has 2 heterocycles. The first-order valence-corrected chi connectivity index (χ1v) is 10.9. The number of sulfonamides is 1. The van der Waals surface area contributed by atoms with Crippen molar-refractivity contribution in [2.75, 3.05) is 6.61 Å². The van der Waals surface area contributed by atoms with Crippen LogP contribution >= 0.6 is 0 Å². The summed E-state index contributed by atoms with van der Waals surface area (Å²) < 4.78 is 39.6. The predicted octanol–water partition coefficient (Wildman–Crippen LogP) is 3.60. The van der Waals surface area contributed by atoms with Gasteiger partial charge >= 0.3 is 0 Å². The molecule has 0 fully saturated rings. The average Bonchev–Trinajstić information content (AvgIpc) is 3.12. The van der Waals surface area contributed by atoms with Gasteiger partial charge in [0.2, 0.25) is 10.0 Å². The number of allylic oxidation sites excluding steroid dienone is 4. The number of hydrogen-bond donors (Lipinski definition) is 0. The molecule has 1 aromatic carbocycles. The van der Waals surface area contributed by atoms with Crippen LogP contribution in [0.4, 0.5) is 0 Å². The summed E-state index contributed by atoms with van der Waals surface area (Å²) in [5.74, 6) is 0.588. The lowest BCUT2D eigenvalue weighted by Crippen LogP contribution is -2.44. The van der Waals surface area contributed by atoms with Crippen molar-refractivity contribution in [2.45, 2.75) is 43.9 Å². The molecule has 2 aromatic rings. The SMILES string of the molecule is Cc1oncc1S(=O)(=O)N1Cc2ccccc2COCC1CC1C=CC=CC1. The highest BCUT2D eigenvalue weighted by atomic mass is 32.2. The second kappa shape index (κ2) is 8.03. The number of aryl methyl sites for hydroxylation is 1. The molecule has 0 N–H and O–H groups in total. The lowest BCUT2D eigenvalue weighted by molar-refractivity contribution is 0.0605. The van der Waals surface area contributed by atoms with E-state index in [1.807, 2.05) is 36.4 Å². The van der Waals surface area contributed by atoms with Crippen LogP contribution in [0.5, 0.6) is 0 Å². The van der Waals surface area contributed by atoms with Gasteiger partial charge in [-0.1, -0.05) is 53.7 Å². The van der Waals surface area contributed by atoms with Gasteiger partial charge in [0.05, 0.1) is 19.4 Å². The predicted molar refractivity (Wildman–Crippen MR) is 105 cm³/mol. The molecule has 2 atom stereocenters. The van der Waals surface area contributed by atoms with E-state index in [9.17, 15) is 8.42 Å². The van der Waals surface area contributed by atoms with E-state index in [1.54, 1.807) is 11.2 Å². The molecule has 2 aliphatic rings. The molecule has 0 saturated carbocycles. The Labute approximate surface area is 165 Å². The van der Waals surface area contributed by atoms with Gasteiger partial charge in [0.15, 0.2) is 5.76 Å². The Balaban J connectivity index is 1.72. The Morgan fingerprint density at radius 3 is 2.75 bits per heavy atom. The van der Waals surface area contributed by atoms with E-state index in [-0.39, 0.29) is 16.9 Å². The van der Waals surface area contributed by atoms with Crippen LogP contribution in [-0.2, 0) is 27.9 Å². The minimum Gasteiger partial charge on any atom is -0.375 e. The van der Waals surface area contributed by atoms with Crippen molar-refractivity contribution in [3.8, 4) is 0 Å². The molecule has 2 unspecified atom stereocenters. The highest BCUT2D eigenvalue weighted by molar-refractivity contribution is 7.89. The molecule has 148 valence electrons. The van der Waals surface area contributed by atoms with Crippen molar-refractivity contribution < 1.29 is 17.7 Å². The van der Waals surface area contributed by atoms with Crippen LogP contribution in [0.15, 0.2) is 64.2 Å². The molecule has 0 saturated heterocycles. The van der Waals surface area contributed by atoms with E-state index in [0.717, 1.165) is 17.5 Å². The third-order valence-corrected chi connectivity index (χ3v) is 7.35. The Kier molecular flexibility index (Phi) is 5.48. The van der Waals surface area contributed by atoms with E-state index in [1.165, 1.54) is 6.20 Å². The summed E-state index contributed by atoms with van der Waals surface area (Å²) in [7, 11) is -3.78. The molecule has 1 aliphatic carbocycles. The molecule has 4 rings (SSSR count). The highest BCUT2D eigenvalue weighted by Crippen LogP contribution is 2.30. The molecule has 0 bridgehead atoms. The molecule has 0 spiro atoms. The smallest absolute Gasteiger partial charge is 0.248 e. The monoisotopic (exact) mass is 400 g/mol. The average molecular weight is 401 g/mol. The maximum atomic E-state index is 13.5. The van der Waals surface area contributed by atoms with Crippen LogP contribution in [0.2, 0.25) is 0 Å². The van der Waals surface area contributed by atoms with Gasteiger partial charge in [-0.05, 0) is 36.8 Å². The maximum absolute atomic E-state index is 13.5. The number of rotatable bonds is 4. The summed E-state index contributed by atoms with van der Waals surface area (Å²) >= 11 is 0. The highest BCUT2D eigenvalue weighted by Gasteiger charge is 2.36. The van der Waals surface area contributed by atoms with Gasteiger partial charge < -0.3 is 9.26 Å². The van der Waals surface area contributed by atoms with Crippen molar-refractivity contribution in [3.63, 3.8) is 0 Å². The lowest BCUT2D eigenvalue weighted by Gasteiger charge is -2.34. The summed E-state index contributed by atoms with van der Waals surface area (Å²) in [6.45, 7) is 2.78. The summed E-state index contributed by atoms with van der Waals surface area (Å²) in [6, 6.07) is 7.56. The third kappa shape index (κ3) is 3.83. The lowest BCUT2D eigenvalue weighted by atomic mass is 9.93. The van der Waals surface area contributed by atoms with E-state index < -0.39 is 10.0 Å². The molecule has 28 heavy (non-hydrogen) atoms. The third-order valence-electron chi connectivity index (χ3n) is 5.36. The van der Waals surface area contributed by atoms with Crippen LogP contribution in [-0.4, -0.2) is 30.5 Å². The molecule has 1 aromatic heterocycles. The Morgan fingerprint density at radius 2 is 2.04 bits per heavy atom. The van der Waals surface area contributed by atoms with E-state index >= 15 is 0 Å². The van der Waals surface area contributed by atoms with Crippen LogP contribution < -0.4 is 0 Å². The fraction of sp³-hybridized carbons (Fsp3) is 0.381. The number of ether oxygens (including phenoxy) is 1. The van der Waals surface area contributed by atoms with Gasteiger partial charge in [-0.25, -0.2) is 8.42 Å². The molecule has 7 heteroatoms. The summed E-state index contributed by atoms with van der Waals surface area (Å²) in [6.07, 6.45) is 11.2. The number of fused-ring (bicyclic) bond motifs is 1. The van der Waals surface area contributed by atoms with Crippen molar-refractivity contribution >= 4 is 10.0 Å². The largest absolute Gasteiger partial charge is 0.375 e. The van der Waals surface area contributed by atoms with Crippen molar-refractivity contribution in [1.82, 2.24) is 9.46 Å². The summed E-state index contributed by atoms with van der Waals surface area (Å²) in [5, 5.41) is 3.68. The second-order valence-corrected chi connectivity index (χ2v) is 9.14. The van der Waals surface area contributed by atoms with Crippen molar-refractivity contribution in [1.29, 1.82) is 0 Å². The molecular formula is C21H24N2O4S. The number of nitrogens with zero attached hydrogens (tertiary/aromatic N) is 2. The van der Waals surface area contributed by atoms with Crippen molar-refractivity contribution in [2.24, 2.45) is 5.92 Å². The molecule has 1 aliphatic heterocycles. The topological polar surface area (TPSA) is 72.6 Å². The number of aromatic nitrogens is 1. The molecule has 0 amide bonds. The minimum atomic E-state index is -3.78. The second-order valence-electron chi connectivity index (χ2n) is 7.28. The first kappa shape index (κ1) is 19.1. The van der Waals surface area contributed by atoms with Gasteiger partial charge in [0.1, 0.15) is 4.90 Å². The fourth-order valence-electron chi connectivity index (χ4n) is 3.82. The van der Waals surface area contributed by atoms with E-state index in [2.05, 4.69) is 17.3 Å². The van der Waals surface area contributed by atoms with Gasteiger partial charge in [0, 0.05) is 12.6 Å². The Morgan fingerprint density at radius 1 is 1.21 bits per heavy atom. The quantitative estimate of drug-likeness (QED) is 0.784. The Bertz CT molecular complexity index is 993.